The summed E-state index contributed by atoms with van der Waals surface area (Å²) in [7, 11) is 0. The molecule has 1 heterocycles. The van der Waals surface area contributed by atoms with Crippen molar-refractivity contribution < 1.29 is 13.6 Å². The van der Waals surface area contributed by atoms with E-state index in [0.29, 0.717) is 12.0 Å². The average Bonchev–Trinajstić information content (AvgIpc) is 3.20. The lowest BCUT2D eigenvalue weighted by Crippen LogP contribution is -2.34. The number of nitrogens with one attached hydrogen (secondary N) is 1. The van der Waals surface area contributed by atoms with E-state index in [2.05, 4.69) is 21.8 Å². The molecule has 2 aromatic carbocycles. The lowest BCUT2D eigenvalue weighted by Gasteiger charge is -2.09. The van der Waals surface area contributed by atoms with Crippen molar-refractivity contribution >= 4 is 5.78 Å². The number of benzene rings is 2. The molecule has 148 valence electrons. The molecule has 0 bridgehead atoms. The number of imidazole rings is 1. The first-order valence-corrected chi connectivity index (χ1v) is 9.16. The van der Waals surface area contributed by atoms with Crippen LogP contribution in [0.2, 0.25) is 0 Å². The summed E-state index contributed by atoms with van der Waals surface area (Å²) in [5, 5.41) is 0. The maximum Gasteiger partial charge on any atom is 0.270 e. The highest BCUT2D eigenvalue weighted by Gasteiger charge is 2.23. The monoisotopic (exact) mass is 393 g/mol. The number of H-pyrrole nitrogens is 1. The molecule has 1 aromatic heterocycles. The summed E-state index contributed by atoms with van der Waals surface area (Å²) in [6.07, 6.45) is 3.88. The Balaban J connectivity index is 1.59. The van der Waals surface area contributed by atoms with Gasteiger partial charge in [-0.25, -0.2) is 13.8 Å². The smallest absolute Gasteiger partial charge is 0.270 e. The molecule has 3 N–H and O–H groups in total. The van der Waals surface area contributed by atoms with E-state index < -0.39 is 12.0 Å². The lowest BCUT2D eigenvalue weighted by atomic mass is 10.0. The standard InChI is InChI=1S/C23H21F2N3O/c1-23(24,25)19-10-8-17(9-11-19)3-2-16-4-6-18(7-5-16)12-22(29)21(26)13-20-14-27-15-28-20/h4-11,14-15,21H,12-13,26H2,1H3,(H,27,28)/t21-/m0/s1. The highest BCUT2D eigenvalue weighted by atomic mass is 19.3. The van der Waals surface area contributed by atoms with Crippen molar-refractivity contribution in [1.82, 2.24) is 9.97 Å². The minimum atomic E-state index is -2.86. The van der Waals surface area contributed by atoms with E-state index in [1.165, 1.54) is 12.1 Å². The molecule has 0 aliphatic rings. The summed E-state index contributed by atoms with van der Waals surface area (Å²) in [5.41, 5.74) is 9.04. The van der Waals surface area contributed by atoms with Crippen LogP contribution in [0.25, 0.3) is 0 Å². The van der Waals surface area contributed by atoms with Crippen LogP contribution >= 0.6 is 0 Å². The highest BCUT2D eigenvalue weighted by molar-refractivity contribution is 5.86. The van der Waals surface area contributed by atoms with Gasteiger partial charge in [-0.1, -0.05) is 36.1 Å². The SMILES string of the molecule is CC(F)(F)c1ccc(C#Cc2ccc(CC(=O)[C@@H](N)Cc3cnc[nH]3)cc2)cc1. The van der Waals surface area contributed by atoms with Gasteiger partial charge in [0.05, 0.1) is 12.4 Å². The lowest BCUT2D eigenvalue weighted by molar-refractivity contribution is -0.119. The second-order valence-electron chi connectivity index (χ2n) is 6.94. The Kier molecular flexibility index (Phi) is 6.20. The number of aromatic nitrogens is 2. The second kappa shape index (κ2) is 8.80. The summed E-state index contributed by atoms with van der Waals surface area (Å²) < 4.78 is 26.5. The normalized spacial score (nSPS) is 12.1. The predicted octanol–water partition coefficient (Wildman–Crippen LogP) is 3.60. The fourth-order valence-corrected chi connectivity index (χ4v) is 2.78. The van der Waals surface area contributed by atoms with Gasteiger partial charge in [0.15, 0.2) is 5.78 Å². The Morgan fingerprint density at radius 3 is 2.21 bits per heavy atom. The molecule has 0 radical (unpaired) electrons. The number of hydrogen-bond donors (Lipinski definition) is 2. The predicted molar refractivity (Wildman–Crippen MR) is 107 cm³/mol. The topological polar surface area (TPSA) is 71.8 Å². The van der Waals surface area contributed by atoms with Crippen LogP contribution in [0, 0.1) is 11.8 Å². The van der Waals surface area contributed by atoms with E-state index in [0.717, 1.165) is 23.7 Å². The zero-order valence-electron chi connectivity index (χ0n) is 16.0. The van der Waals surface area contributed by atoms with Crippen molar-refractivity contribution in [2.24, 2.45) is 5.73 Å². The number of nitrogens with zero attached hydrogens (tertiary/aromatic N) is 1. The van der Waals surface area contributed by atoms with Crippen LogP contribution in [0.5, 0.6) is 0 Å². The Morgan fingerprint density at radius 1 is 1.10 bits per heavy atom. The number of ketones is 1. The quantitative estimate of drug-likeness (QED) is 0.629. The number of nitrogens with two attached hydrogens (primary N) is 1. The molecular formula is C23H21F2N3O. The zero-order valence-corrected chi connectivity index (χ0v) is 16.0. The van der Waals surface area contributed by atoms with Crippen LogP contribution in [-0.4, -0.2) is 21.8 Å². The molecule has 0 fully saturated rings. The summed E-state index contributed by atoms with van der Waals surface area (Å²) >= 11 is 0. The third-order valence-electron chi connectivity index (χ3n) is 4.48. The summed E-state index contributed by atoms with van der Waals surface area (Å²) in [5.74, 6) is 3.03. The van der Waals surface area contributed by atoms with E-state index in [4.69, 9.17) is 5.73 Å². The number of carbonyl (C=O) groups is 1. The number of alkyl halides is 2. The number of rotatable bonds is 6. The summed E-state index contributed by atoms with van der Waals surface area (Å²) in [6.45, 7) is 0.865. The van der Waals surface area contributed by atoms with Gasteiger partial charge in [-0.15, -0.1) is 0 Å². The largest absolute Gasteiger partial charge is 0.348 e. The molecule has 4 nitrogen and oxygen atoms in total. The third-order valence-corrected chi connectivity index (χ3v) is 4.48. The number of hydrogen-bond acceptors (Lipinski definition) is 3. The fourth-order valence-electron chi connectivity index (χ4n) is 2.78. The number of Topliss-reactive ketones (excluding diaryl/α,β-unsaturated/α-hetero) is 1. The maximum absolute atomic E-state index is 13.2. The minimum absolute atomic E-state index is 0.0391. The number of halogens is 2. The van der Waals surface area contributed by atoms with E-state index in [1.807, 2.05) is 24.3 Å². The molecule has 0 spiro atoms. The van der Waals surface area contributed by atoms with Crippen LogP contribution in [-0.2, 0) is 23.6 Å². The van der Waals surface area contributed by atoms with E-state index >= 15 is 0 Å². The van der Waals surface area contributed by atoms with Crippen molar-refractivity contribution in [3.05, 3.63) is 89.0 Å². The zero-order chi connectivity index (χ0) is 20.9. The molecule has 3 aromatic rings. The van der Waals surface area contributed by atoms with Gasteiger partial charge in [0.1, 0.15) is 0 Å². The van der Waals surface area contributed by atoms with Crippen LogP contribution in [0.3, 0.4) is 0 Å². The number of aromatic amines is 1. The molecule has 0 aliphatic heterocycles. The molecule has 0 saturated carbocycles. The Labute approximate surface area is 168 Å². The van der Waals surface area contributed by atoms with Crippen LogP contribution < -0.4 is 5.73 Å². The molecular weight excluding hydrogens is 372 g/mol. The van der Waals surface area contributed by atoms with Crippen molar-refractivity contribution in [1.29, 1.82) is 0 Å². The van der Waals surface area contributed by atoms with Gasteiger partial charge in [0.25, 0.3) is 5.92 Å². The van der Waals surface area contributed by atoms with Crippen LogP contribution in [0.15, 0.2) is 61.1 Å². The Bertz CT molecular complexity index is 1010. The van der Waals surface area contributed by atoms with Gasteiger partial charge >= 0.3 is 0 Å². The molecule has 6 heteroatoms. The minimum Gasteiger partial charge on any atom is -0.348 e. The fraction of sp³-hybridized carbons (Fsp3) is 0.217. The molecule has 3 rings (SSSR count). The first kappa shape index (κ1) is 20.4. The van der Waals surface area contributed by atoms with Gasteiger partial charge in [-0.05, 0) is 29.8 Å². The molecule has 0 aliphatic carbocycles. The third kappa shape index (κ3) is 5.84. The first-order chi connectivity index (χ1) is 13.8. The Morgan fingerprint density at radius 2 is 1.69 bits per heavy atom. The molecule has 0 amide bonds. The van der Waals surface area contributed by atoms with Gasteiger partial charge in [-0.3, -0.25) is 4.79 Å². The van der Waals surface area contributed by atoms with Crippen LogP contribution in [0.1, 0.15) is 34.9 Å². The summed E-state index contributed by atoms with van der Waals surface area (Å²) in [6, 6.07) is 12.7. The van der Waals surface area contributed by atoms with Gasteiger partial charge in [0, 0.05) is 48.3 Å². The van der Waals surface area contributed by atoms with Crippen molar-refractivity contribution in [2.45, 2.75) is 31.7 Å². The molecule has 0 saturated heterocycles. The van der Waals surface area contributed by atoms with Crippen molar-refractivity contribution in [2.75, 3.05) is 0 Å². The van der Waals surface area contributed by atoms with E-state index in [-0.39, 0.29) is 17.8 Å². The molecule has 1 atom stereocenters. The van der Waals surface area contributed by atoms with Gasteiger partial charge in [-0.2, -0.15) is 0 Å². The maximum atomic E-state index is 13.2. The highest BCUT2D eigenvalue weighted by Crippen LogP contribution is 2.26. The average molecular weight is 393 g/mol. The second-order valence-corrected chi connectivity index (χ2v) is 6.94. The summed E-state index contributed by atoms with van der Waals surface area (Å²) in [4.78, 5) is 19.1. The van der Waals surface area contributed by atoms with Crippen LogP contribution in [0.4, 0.5) is 8.78 Å². The molecule has 0 unspecified atom stereocenters. The van der Waals surface area contributed by atoms with E-state index in [9.17, 15) is 13.6 Å². The number of carbonyl (C=O) groups excluding carboxylic acids is 1. The van der Waals surface area contributed by atoms with Gasteiger partial charge < -0.3 is 10.7 Å². The van der Waals surface area contributed by atoms with Crippen molar-refractivity contribution in [3.8, 4) is 11.8 Å². The van der Waals surface area contributed by atoms with E-state index in [1.54, 1.807) is 24.7 Å². The van der Waals surface area contributed by atoms with Crippen molar-refractivity contribution in [3.63, 3.8) is 0 Å². The molecule has 29 heavy (non-hydrogen) atoms. The first-order valence-electron chi connectivity index (χ1n) is 9.16. The Hall–Kier alpha value is -3.30. The van der Waals surface area contributed by atoms with Gasteiger partial charge in [0.2, 0.25) is 0 Å².